The average molecular weight is 329 g/mol. The largest absolute Gasteiger partial charge is 0.427 e. The van der Waals surface area contributed by atoms with Crippen LogP contribution >= 0.6 is 0 Å². The molecule has 3 saturated carbocycles. The molecule has 3 bridgehead atoms. The molecule has 1 aromatic rings. The Kier molecular flexibility index (Phi) is 3.81. The van der Waals surface area contributed by atoms with E-state index in [0.29, 0.717) is 22.8 Å². The molecule has 1 aromatic heterocycles. The molecule has 4 rings (SSSR count). The van der Waals surface area contributed by atoms with Gasteiger partial charge in [-0.3, -0.25) is 4.79 Å². The van der Waals surface area contributed by atoms with Gasteiger partial charge in [0.05, 0.1) is 5.56 Å². The second kappa shape index (κ2) is 5.75. The van der Waals surface area contributed by atoms with Crippen molar-refractivity contribution >= 4 is 5.91 Å². The Morgan fingerprint density at radius 1 is 1.21 bits per heavy atom. The van der Waals surface area contributed by atoms with Crippen LogP contribution in [-0.2, 0) is 0 Å². The van der Waals surface area contributed by atoms with E-state index in [0.717, 1.165) is 23.7 Å². The molecule has 4 heteroatoms. The molecule has 0 spiro atoms. The molecule has 130 valence electrons. The van der Waals surface area contributed by atoms with Gasteiger partial charge < -0.3 is 9.73 Å². The first-order valence-electron chi connectivity index (χ1n) is 9.36. The number of amides is 1. The lowest BCUT2D eigenvalue weighted by Gasteiger charge is -2.45. The van der Waals surface area contributed by atoms with Gasteiger partial charge in [-0.1, -0.05) is 0 Å². The van der Waals surface area contributed by atoms with Crippen LogP contribution in [0.15, 0.2) is 15.3 Å². The number of nitrogens with one attached hydrogen (secondary N) is 1. The predicted octanol–water partition coefficient (Wildman–Crippen LogP) is 3.45. The van der Waals surface area contributed by atoms with Crippen LogP contribution in [0.25, 0.3) is 0 Å². The first-order chi connectivity index (χ1) is 11.4. The fourth-order valence-corrected chi connectivity index (χ4v) is 6.20. The summed E-state index contributed by atoms with van der Waals surface area (Å²) in [6.45, 7) is 5.66. The maximum Gasteiger partial charge on any atom is 0.336 e. The van der Waals surface area contributed by atoms with E-state index >= 15 is 0 Å². The van der Waals surface area contributed by atoms with Gasteiger partial charge in [-0.05, 0) is 88.0 Å². The minimum Gasteiger partial charge on any atom is -0.427 e. The molecule has 24 heavy (non-hydrogen) atoms. The lowest BCUT2D eigenvalue weighted by Crippen LogP contribution is -2.48. The number of rotatable bonds is 3. The zero-order valence-electron chi connectivity index (χ0n) is 14.8. The van der Waals surface area contributed by atoms with Crippen LogP contribution in [0.5, 0.6) is 0 Å². The molecule has 0 aliphatic heterocycles. The average Bonchev–Trinajstić information content (AvgIpc) is 2.68. The Labute approximate surface area is 143 Å². The highest BCUT2D eigenvalue weighted by molar-refractivity contribution is 5.96. The second-order valence-electron chi connectivity index (χ2n) is 8.35. The first kappa shape index (κ1) is 15.9. The van der Waals surface area contributed by atoms with E-state index in [1.54, 1.807) is 13.8 Å². The topological polar surface area (TPSA) is 59.3 Å². The van der Waals surface area contributed by atoms with E-state index in [9.17, 15) is 9.59 Å². The van der Waals surface area contributed by atoms with Gasteiger partial charge >= 0.3 is 5.63 Å². The zero-order chi connectivity index (χ0) is 17.0. The van der Waals surface area contributed by atoms with E-state index in [4.69, 9.17) is 4.42 Å². The van der Waals surface area contributed by atoms with Gasteiger partial charge in [0.2, 0.25) is 0 Å². The van der Waals surface area contributed by atoms with Crippen molar-refractivity contribution < 1.29 is 9.21 Å². The molecule has 4 nitrogen and oxygen atoms in total. The summed E-state index contributed by atoms with van der Waals surface area (Å²) in [5, 5.41) is 3.23. The normalized spacial score (nSPS) is 35.0. The third-order valence-corrected chi connectivity index (χ3v) is 6.93. The van der Waals surface area contributed by atoms with Gasteiger partial charge in [0, 0.05) is 12.1 Å². The molecular formula is C20H27NO3. The molecular weight excluding hydrogens is 302 g/mol. The second-order valence-corrected chi connectivity index (χ2v) is 8.35. The fraction of sp³-hybridized carbons (Fsp3) is 0.700. The first-order valence-corrected chi connectivity index (χ1v) is 9.36. The zero-order valence-corrected chi connectivity index (χ0v) is 14.8. The molecule has 0 radical (unpaired) electrons. The van der Waals surface area contributed by atoms with Crippen LogP contribution in [0.4, 0.5) is 0 Å². The molecule has 3 fully saturated rings. The summed E-state index contributed by atoms with van der Waals surface area (Å²) < 4.78 is 5.12. The van der Waals surface area contributed by atoms with Crippen LogP contribution in [-0.4, -0.2) is 11.9 Å². The summed E-state index contributed by atoms with van der Waals surface area (Å²) in [5.74, 6) is 4.33. The van der Waals surface area contributed by atoms with Crippen molar-refractivity contribution in [2.75, 3.05) is 0 Å². The summed E-state index contributed by atoms with van der Waals surface area (Å²) in [4.78, 5) is 24.2. The van der Waals surface area contributed by atoms with Gasteiger partial charge in [-0.25, -0.2) is 4.79 Å². The summed E-state index contributed by atoms with van der Waals surface area (Å²) in [5.41, 5.74) is 0.822. The maximum absolute atomic E-state index is 12.8. The number of carbonyl (C=O) groups excluding carboxylic acids is 1. The Bertz CT molecular complexity index is 696. The maximum atomic E-state index is 12.8. The van der Waals surface area contributed by atoms with Crippen LogP contribution < -0.4 is 10.9 Å². The Balaban J connectivity index is 1.53. The van der Waals surface area contributed by atoms with E-state index in [1.807, 2.05) is 0 Å². The highest BCUT2D eigenvalue weighted by Crippen LogP contribution is 2.58. The summed E-state index contributed by atoms with van der Waals surface area (Å²) in [7, 11) is 0. The van der Waals surface area contributed by atoms with E-state index < -0.39 is 5.63 Å². The number of fused-ring (bicyclic) bond motifs is 2. The highest BCUT2D eigenvalue weighted by Gasteiger charge is 2.51. The molecule has 1 heterocycles. The molecule has 3 aliphatic rings. The standard InChI is InChI=1S/C20H27NO3/c1-10-6-17(22)24-12(3)18(10)20(23)21-11(2)19-15-5-4-14-7-13(8-15)9-16(14)19/h6,11,13-16,19H,4-5,7-9H2,1-3H3,(H,21,23)/t11-,13+,14-,15+,16-,19+/m0/s1. The van der Waals surface area contributed by atoms with Crippen molar-refractivity contribution in [3.05, 3.63) is 33.4 Å². The molecule has 1 N–H and O–H groups in total. The van der Waals surface area contributed by atoms with Gasteiger partial charge in [0.25, 0.3) is 5.91 Å². The molecule has 0 aromatic carbocycles. The van der Waals surface area contributed by atoms with Gasteiger partial charge in [-0.15, -0.1) is 0 Å². The lowest BCUT2D eigenvalue weighted by atomic mass is 9.62. The predicted molar refractivity (Wildman–Crippen MR) is 91.9 cm³/mol. The van der Waals surface area contributed by atoms with E-state index in [-0.39, 0.29) is 11.9 Å². The molecule has 1 amide bonds. The van der Waals surface area contributed by atoms with E-state index in [1.165, 1.54) is 38.2 Å². The smallest absolute Gasteiger partial charge is 0.336 e. The molecule has 0 unspecified atom stereocenters. The quantitative estimate of drug-likeness (QED) is 0.924. The summed E-state index contributed by atoms with van der Waals surface area (Å²) in [6, 6.07) is 1.58. The SMILES string of the molecule is Cc1cc(=O)oc(C)c1C(=O)N[C@@H](C)[C@@H]1[C@@H]2CC[C@H]3C[C@H](C2)C[C@@H]31. The van der Waals surface area contributed by atoms with Crippen molar-refractivity contribution in [3.8, 4) is 0 Å². The van der Waals surface area contributed by atoms with Crippen LogP contribution in [0.1, 0.15) is 60.7 Å². The van der Waals surface area contributed by atoms with Crippen molar-refractivity contribution in [3.63, 3.8) is 0 Å². The third-order valence-electron chi connectivity index (χ3n) is 6.93. The minimum absolute atomic E-state index is 0.0998. The molecule has 3 aliphatic carbocycles. The fourth-order valence-electron chi connectivity index (χ4n) is 6.20. The monoisotopic (exact) mass is 329 g/mol. The summed E-state index contributed by atoms with van der Waals surface area (Å²) >= 11 is 0. The highest BCUT2D eigenvalue weighted by atomic mass is 16.4. The Hall–Kier alpha value is -1.58. The lowest BCUT2D eigenvalue weighted by molar-refractivity contribution is 0.0518. The van der Waals surface area contributed by atoms with Gasteiger partial charge in [-0.2, -0.15) is 0 Å². The van der Waals surface area contributed by atoms with Gasteiger partial charge in [0.15, 0.2) is 0 Å². The van der Waals surface area contributed by atoms with Crippen LogP contribution in [0, 0.1) is 43.4 Å². The molecule has 6 atom stereocenters. The Morgan fingerprint density at radius 2 is 1.92 bits per heavy atom. The number of carbonyl (C=O) groups is 1. The van der Waals surface area contributed by atoms with Crippen molar-refractivity contribution in [1.82, 2.24) is 5.32 Å². The van der Waals surface area contributed by atoms with Crippen molar-refractivity contribution in [2.24, 2.45) is 29.6 Å². The summed E-state index contributed by atoms with van der Waals surface area (Å²) in [6.07, 6.45) is 6.87. The van der Waals surface area contributed by atoms with Crippen LogP contribution in [0.2, 0.25) is 0 Å². The number of hydrogen-bond donors (Lipinski definition) is 1. The van der Waals surface area contributed by atoms with Crippen LogP contribution in [0.3, 0.4) is 0 Å². The van der Waals surface area contributed by atoms with E-state index in [2.05, 4.69) is 12.2 Å². The third kappa shape index (κ3) is 2.51. The Morgan fingerprint density at radius 3 is 2.67 bits per heavy atom. The van der Waals surface area contributed by atoms with Crippen molar-refractivity contribution in [2.45, 2.75) is 58.9 Å². The number of aryl methyl sites for hydroxylation is 2. The minimum atomic E-state index is -0.392. The van der Waals surface area contributed by atoms with Crippen molar-refractivity contribution in [1.29, 1.82) is 0 Å². The number of hydrogen-bond acceptors (Lipinski definition) is 3. The van der Waals surface area contributed by atoms with Gasteiger partial charge in [0.1, 0.15) is 5.76 Å². The molecule has 0 saturated heterocycles.